The average Bonchev–Trinajstić information content (AvgIpc) is 1.80. The van der Waals surface area contributed by atoms with Gasteiger partial charge in [0.1, 0.15) is 6.54 Å². The summed E-state index contributed by atoms with van der Waals surface area (Å²) in [6.45, 7) is -0.0497. The molecule has 1 N–H and O–H groups in total. The van der Waals surface area contributed by atoms with Crippen LogP contribution in [0.2, 0.25) is 0 Å². The van der Waals surface area contributed by atoms with E-state index in [-0.39, 0.29) is 6.54 Å². The Morgan fingerprint density at radius 3 is 2.09 bits per heavy atom. The van der Waals surface area contributed by atoms with Gasteiger partial charge in [0, 0.05) is 6.54 Å². The highest BCUT2D eigenvalue weighted by Crippen LogP contribution is 2.15. The van der Waals surface area contributed by atoms with Crippen molar-refractivity contribution in [1.82, 2.24) is 10.6 Å². The summed E-state index contributed by atoms with van der Waals surface area (Å²) in [5.74, 6) is 0. The molecule has 0 saturated heterocycles. The summed E-state index contributed by atoms with van der Waals surface area (Å²) < 4.78 is 34.7. The van der Waals surface area contributed by atoms with E-state index >= 15 is 0 Å². The fraction of sp³-hybridized carbons (Fsp3) is 0.800. The van der Waals surface area contributed by atoms with Crippen LogP contribution in [0.1, 0.15) is 6.92 Å². The molecule has 0 unspecified atom stereocenters. The summed E-state index contributed by atoms with van der Waals surface area (Å²) in [6, 6.07) is -1.30. The largest absolute Gasteiger partial charge is 0.406 e. The molecule has 0 atom stereocenters. The van der Waals surface area contributed by atoms with Crippen molar-refractivity contribution >= 4 is 6.03 Å². The highest BCUT2D eigenvalue weighted by atomic mass is 19.4. The number of hydrogen-bond acceptors (Lipinski definition) is 1. The van der Waals surface area contributed by atoms with Gasteiger partial charge in [-0.05, 0) is 6.92 Å². The zero-order valence-corrected chi connectivity index (χ0v) is 5.90. The van der Waals surface area contributed by atoms with Crippen LogP contribution in [0.25, 0.3) is 0 Å². The topological polar surface area (TPSA) is 44.1 Å². The third kappa shape index (κ3) is 4.46. The summed E-state index contributed by atoms with van der Waals surface area (Å²) in [7, 11) is 0. The number of rotatable bonds is 2. The van der Waals surface area contributed by atoms with Crippen LogP contribution in [-0.2, 0) is 0 Å². The van der Waals surface area contributed by atoms with Crippen LogP contribution in [0.4, 0.5) is 18.0 Å². The van der Waals surface area contributed by atoms with Gasteiger partial charge in [-0.2, -0.15) is 13.2 Å². The third-order valence-corrected chi connectivity index (χ3v) is 1.04. The first-order valence-corrected chi connectivity index (χ1v) is 2.94. The van der Waals surface area contributed by atoms with Gasteiger partial charge in [0.25, 0.3) is 0 Å². The Hall–Kier alpha value is -0.940. The van der Waals surface area contributed by atoms with E-state index in [1.165, 1.54) is 6.92 Å². The van der Waals surface area contributed by atoms with Crippen LogP contribution in [-0.4, -0.2) is 30.2 Å². The number of hydrogen-bond donors (Lipinski definition) is 0. The van der Waals surface area contributed by atoms with Crippen LogP contribution in [0.15, 0.2) is 0 Å². The highest BCUT2D eigenvalue weighted by Gasteiger charge is 2.31. The van der Waals surface area contributed by atoms with Gasteiger partial charge in [-0.15, -0.1) is 0 Å². The predicted molar refractivity (Wildman–Crippen MR) is 31.8 cm³/mol. The van der Waals surface area contributed by atoms with Crippen LogP contribution in [0.3, 0.4) is 0 Å². The Balaban J connectivity index is 3.99. The van der Waals surface area contributed by atoms with Crippen molar-refractivity contribution in [3.05, 3.63) is 0 Å². The predicted octanol–water partition coefficient (Wildman–Crippen LogP) is 1.27. The van der Waals surface area contributed by atoms with Crippen LogP contribution in [0.5, 0.6) is 0 Å². The molecule has 0 aliphatic carbocycles. The molecule has 65 valence electrons. The van der Waals surface area contributed by atoms with Crippen LogP contribution >= 0.6 is 0 Å². The maximum atomic E-state index is 11.6. The second kappa shape index (κ2) is 3.45. The Morgan fingerprint density at radius 1 is 1.55 bits per heavy atom. The standard InChI is InChI=1S/C5H8F3N2O/c1-2-10(4(9)11)3-5(6,7)8/h9H,2-3H2,1H3. The first kappa shape index (κ1) is 10.1. The number of alkyl halides is 3. The summed E-state index contributed by atoms with van der Waals surface area (Å²) in [5, 5.41) is 0. The van der Waals surface area contributed by atoms with E-state index < -0.39 is 18.8 Å². The van der Waals surface area contributed by atoms with E-state index in [0.29, 0.717) is 4.90 Å². The minimum atomic E-state index is -4.41. The number of urea groups is 1. The molecule has 0 aromatic rings. The lowest BCUT2D eigenvalue weighted by atomic mass is 10.5. The van der Waals surface area contributed by atoms with Crippen molar-refractivity contribution in [2.24, 2.45) is 0 Å². The number of nitrogens with one attached hydrogen (secondary N) is 1. The first-order chi connectivity index (χ1) is 4.87. The summed E-state index contributed by atoms with van der Waals surface area (Å²) >= 11 is 0. The van der Waals surface area contributed by atoms with Crippen molar-refractivity contribution < 1.29 is 18.0 Å². The fourth-order valence-electron chi connectivity index (χ4n) is 0.544. The molecule has 0 aliphatic rings. The number of carbonyl (C=O) groups is 1. The van der Waals surface area contributed by atoms with E-state index in [0.717, 1.165) is 0 Å². The van der Waals surface area contributed by atoms with E-state index in [9.17, 15) is 18.0 Å². The number of nitrogens with zero attached hydrogens (tertiary/aromatic N) is 1. The Bertz CT molecular complexity index is 145. The molecule has 6 heteroatoms. The van der Waals surface area contributed by atoms with Gasteiger partial charge in [0.05, 0.1) is 0 Å². The van der Waals surface area contributed by atoms with Gasteiger partial charge >= 0.3 is 12.2 Å². The molecular formula is C5H8F3N2O. The lowest BCUT2D eigenvalue weighted by molar-refractivity contribution is -0.139. The average molecular weight is 169 g/mol. The smallest absolute Gasteiger partial charge is 0.315 e. The van der Waals surface area contributed by atoms with E-state index in [4.69, 9.17) is 5.73 Å². The Kier molecular flexibility index (Phi) is 3.16. The van der Waals surface area contributed by atoms with Gasteiger partial charge in [0.2, 0.25) is 0 Å². The third-order valence-electron chi connectivity index (χ3n) is 1.04. The number of amides is 2. The van der Waals surface area contributed by atoms with Gasteiger partial charge in [-0.1, -0.05) is 0 Å². The summed E-state index contributed by atoms with van der Waals surface area (Å²) in [4.78, 5) is 10.5. The van der Waals surface area contributed by atoms with Gasteiger partial charge < -0.3 is 4.90 Å². The minimum Gasteiger partial charge on any atom is -0.315 e. The maximum absolute atomic E-state index is 11.6. The molecular weight excluding hydrogens is 161 g/mol. The lowest BCUT2D eigenvalue weighted by Gasteiger charge is -2.18. The zero-order chi connectivity index (χ0) is 9.07. The highest BCUT2D eigenvalue weighted by molar-refractivity contribution is 5.71. The van der Waals surface area contributed by atoms with Crippen LogP contribution in [0, 0.1) is 0 Å². The molecule has 2 amide bonds. The van der Waals surface area contributed by atoms with E-state index in [1.807, 2.05) is 0 Å². The molecule has 0 heterocycles. The zero-order valence-electron chi connectivity index (χ0n) is 5.90. The normalized spacial score (nSPS) is 11.3. The first-order valence-electron chi connectivity index (χ1n) is 2.94. The number of halogens is 3. The molecule has 0 fully saturated rings. The summed E-state index contributed by atoms with van der Waals surface area (Å²) in [6.07, 6.45) is -4.41. The molecule has 0 spiro atoms. The second-order valence-corrected chi connectivity index (χ2v) is 1.93. The maximum Gasteiger partial charge on any atom is 0.406 e. The van der Waals surface area contributed by atoms with Crippen LogP contribution < -0.4 is 5.73 Å². The van der Waals surface area contributed by atoms with Crippen molar-refractivity contribution in [2.45, 2.75) is 13.1 Å². The van der Waals surface area contributed by atoms with Gasteiger partial charge in [0.15, 0.2) is 0 Å². The Labute approximate surface area is 62.0 Å². The Morgan fingerprint density at radius 2 is 2.00 bits per heavy atom. The molecule has 0 bridgehead atoms. The SMILES string of the molecule is CCN(CC(F)(F)F)C([NH])=O. The molecule has 0 aliphatic heterocycles. The molecule has 3 nitrogen and oxygen atoms in total. The molecule has 0 aromatic heterocycles. The number of carbonyl (C=O) groups excluding carboxylic acids is 1. The minimum absolute atomic E-state index is 0.0954. The monoisotopic (exact) mass is 169 g/mol. The van der Waals surface area contributed by atoms with Crippen molar-refractivity contribution in [1.29, 1.82) is 0 Å². The lowest BCUT2D eigenvalue weighted by Crippen LogP contribution is -2.38. The molecule has 11 heavy (non-hydrogen) atoms. The van der Waals surface area contributed by atoms with Crippen molar-refractivity contribution in [3.63, 3.8) is 0 Å². The van der Waals surface area contributed by atoms with Crippen molar-refractivity contribution in [3.8, 4) is 0 Å². The van der Waals surface area contributed by atoms with Gasteiger partial charge in [-0.3, -0.25) is 0 Å². The molecule has 0 aromatic carbocycles. The molecule has 0 rings (SSSR count). The van der Waals surface area contributed by atoms with Crippen molar-refractivity contribution in [2.75, 3.05) is 13.1 Å². The second-order valence-electron chi connectivity index (χ2n) is 1.93. The summed E-state index contributed by atoms with van der Waals surface area (Å²) in [5.41, 5.74) is 6.40. The quantitative estimate of drug-likeness (QED) is 0.613. The molecule has 0 saturated carbocycles. The van der Waals surface area contributed by atoms with E-state index in [2.05, 4.69) is 0 Å². The van der Waals surface area contributed by atoms with E-state index in [1.54, 1.807) is 0 Å². The van der Waals surface area contributed by atoms with Gasteiger partial charge in [-0.25, -0.2) is 10.5 Å². The fourth-order valence-corrected chi connectivity index (χ4v) is 0.544. The molecule has 1 radical (unpaired) electrons.